The minimum atomic E-state index is -0.288. The number of pyridine rings is 1. The van der Waals surface area contributed by atoms with E-state index in [2.05, 4.69) is 35.6 Å². The zero-order valence-electron chi connectivity index (χ0n) is 11.1. The van der Waals surface area contributed by atoms with Gasteiger partial charge in [0.1, 0.15) is 6.17 Å². The fourth-order valence-corrected chi connectivity index (χ4v) is 1.75. The van der Waals surface area contributed by atoms with Crippen molar-refractivity contribution in [2.45, 2.75) is 6.17 Å². The van der Waals surface area contributed by atoms with E-state index in [-0.39, 0.29) is 6.17 Å². The van der Waals surface area contributed by atoms with E-state index in [4.69, 9.17) is 0 Å². The fourth-order valence-electron chi connectivity index (χ4n) is 1.75. The monoisotopic (exact) mass is 279 g/mol. The average molecular weight is 279 g/mol. The number of rotatable bonds is 5. The number of hydrogen-bond acceptors (Lipinski definition) is 7. The van der Waals surface area contributed by atoms with Crippen molar-refractivity contribution in [2.24, 2.45) is 0 Å². The molecule has 3 heterocycles. The lowest BCUT2D eigenvalue weighted by Crippen LogP contribution is -2.22. The third-order valence-electron chi connectivity index (χ3n) is 2.70. The van der Waals surface area contributed by atoms with E-state index in [1.54, 1.807) is 49.3 Å². The van der Waals surface area contributed by atoms with Gasteiger partial charge in [0.15, 0.2) is 0 Å². The first-order chi connectivity index (χ1) is 10.4. The van der Waals surface area contributed by atoms with Gasteiger partial charge in [0.25, 0.3) is 0 Å². The fraction of sp³-hybridized carbons (Fsp3) is 0.0714. The van der Waals surface area contributed by atoms with E-state index in [1.807, 2.05) is 12.1 Å². The zero-order valence-corrected chi connectivity index (χ0v) is 11.1. The van der Waals surface area contributed by atoms with Crippen molar-refractivity contribution >= 4 is 11.9 Å². The molecule has 0 radical (unpaired) electrons. The molecule has 0 aliphatic carbocycles. The molecule has 0 fully saturated rings. The molecule has 3 rings (SSSR count). The van der Waals surface area contributed by atoms with Crippen LogP contribution < -0.4 is 10.6 Å². The molecule has 2 N–H and O–H groups in total. The molecule has 0 aromatic carbocycles. The molecule has 0 spiro atoms. The van der Waals surface area contributed by atoms with Gasteiger partial charge in [-0.3, -0.25) is 4.98 Å². The van der Waals surface area contributed by atoms with Crippen molar-refractivity contribution in [3.63, 3.8) is 0 Å². The predicted octanol–water partition coefficient (Wildman–Crippen LogP) is 1.88. The molecule has 0 saturated carbocycles. The Bertz CT molecular complexity index is 619. The van der Waals surface area contributed by atoms with Crippen molar-refractivity contribution in [1.29, 1.82) is 0 Å². The molecule has 21 heavy (non-hydrogen) atoms. The van der Waals surface area contributed by atoms with Gasteiger partial charge >= 0.3 is 0 Å². The Hall–Kier alpha value is -3.09. The van der Waals surface area contributed by atoms with Crippen LogP contribution in [0.2, 0.25) is 0 Å². The van der Waals surface area contributed by atoms with Crippen LogP contribution in [0.25, 0.3) is 0 Å². The topological polar surface area (TPSA) is 88.5 Å². The normalized spacial score (nSPS) is 10.3. The van der Waals surface area contributed by atoms with Crippen LogP contribution in [-0.4, -0.2) is 24.9 Å². The van der Waals surface area contributed by atoms with Crippen LogP contribution in [0, 0.1) is 0 Å². The minimum Gasteiger partial charge on any atom is -0.330 e. The van der Waals surface area contributed by atoms with Gasteiger partial charge in [0, 0.05) is 42.7 Å². The lowest BCUT2D eigenvalue weighted by molar-refractivity contribution is 0.849. The van der Waals surface area contributed by atoms with Crippen LogP contribution in [0.4, 0.5) is 11.9 Å². The van der Waals surface area contributed by atoms with Crippen LogP contribution in [0.15, 0.2) is 61.4 Å². The lowest BCUT2D eigenvalue weighted by atomic mass is 10.2. The highest BCUT2D eigenvalue weighted by molar-refractivity contribution is 5.37. The largest absolute Gasteiger partial charge is 0.330 e. The Morgan fingerprint density at radius 1 is 0.714 bits per heavy atom. The predicted molar refractivity (Wildman–Crippen MR) is 78.3 cm³/mol. The van der Waals surface area contributed by atoms with Gasteiger partial charge in [-0.2, -0.15) is 0 Å². The molecule has 0 aliphatic heterocycles. The molecule has 0 amide bonds. The summed E-state index contributed by atoms with van der Waals surface area (Å²) < 4.78 is 0. The second-order valence-electron chi connectivity index (χ2n) is 4.15. The third-order valence-corrected chi connectivity index (χ3v) is 2.70. The molecule has 0 saturated heterocycles. The Balaban J connectivity index is 1.84. The first-order valence-electron chi connectivity index (χ1n) is 6.39. The molecule has 0 unspecified atom stereocenters. The number of hydrogen-bond donors (Lipinski definition) is 2. The highest BCUT2D eigenvalue weighted by Crippen LogP contribution is 2.17. The van der Waals surface area contributed by atoms with E-state index in [0.717, 1.165) is 5.56 Å². The van der Waals surface area contributed by atoms with Crippen molar-refractivity contribution in [2.75, 3.05) is 10.6 Å². The number of nitrogens with one attached hydrogen (secondary N) is 2. The molecular weight excluding hydrogens is 266 g/mol. The van der Waals surface area contributed by atoms with Crippen molar-refractivity contribution < 1.29 is 0 Å². The van der Waals surface area contributed by atoms with Gasteiger partial charge in [0.2, 0.25) is 11.9 Å². The highest BCUT2D eigenvalue weighted by Gasteiger charge is 2.13. The molecule has 104 valence electrons. The first-order valence-corrected chi connectivity index (χ1v) is 6.39. The van der Waals surface area contributed by atoms with Crippen LogP contribution in [0.5, 0.6) is 0 Å². The summed E-state index contributed by atoms with van der Waals surface area (Å²) in [5.74, 6) is 1.02. The molecule has 7 nitrogen and oxygen atoms in total. The molecule has 3 aromatic heterocycles. The Labute approximate surface area is 121 Å². The standard InChI is InChI=1S/C14H13N7/c1-4-11(10-15-5-1)12(20-13-16-6-2-7-17-13)21-14-18-8-3-9-19-14/h1-10,12H,(H,16,17,20)(H,18,19,21). The van der Waals surface area contributed by atoms with Crippen LogP contribution in [0.1, 0.15) is 11.7 Å². The maximum absolute atomic E-state index is 4.16. The van der Waals surface area contributed by atoms with Crippen molar-refractivity contribution in [3.05, 3.63) is 67.0 Å². The lowest BCUT2D eigenvalue weighted by Gasteiger charge is -2.19. The first kappa shape index (κ1) is 12.9. The smallest absolute Gasteiger partial charge is 0.224 e. The molecule has 0 aliphatic rings. The summed E-state index contributed by atoms with van der Waals surface area (Å²) in [6, 6.07) is 7.34. The number of nitrogens with zero attached hydrogens (tertiary/aromatic N) is 5. The van der Waals surface area contributed by atoms with E-state index in [0.29, 0.717) is 11.9 Å². The quantitative estimate of drug-likeness (QED) is 0.689. The van der Waals surface area contributed by atoms with Gasteiger partial charge in [0.05, 0.1) is 0 Å². The summed E-state index contributed by atoms with van der Waals surface area (Å²) in [7, 11) is 0. The minimum absolute atomic E-state index is 0.288. The average Bonchev–Trinajstić information content (AvgIpc) is 2.57. The molecule has 7 heteroatoms. The second kappa shape index (κ2) is 6.38. The third kappa shape index (κ3) is 3.47. The molecule has 3 aromatic rings. The van der Waals surface area contributed by atoms with E-state index < -0.39 is 0 Å². The van der Waals surface area contributed by atoms with Crippen LogP contribution in [0.3, 0.4) is 0 Å². The summed E-state index contributed by atoms with van der Waals surface area (Å²) in [4.78, 5) is 20.8. The second-order valence-corrected chi connectivity index (χ2v) is 4.15. The van der Waals surface area contributed by atoms with E-state index >= 15 is 0 Å². The Kier molecular flexibility index (Phi) is 3.92. The summed E-state index contributed by atoms with van der Waals surface area (Å²) in [5.41, 5.74) is 0.928. The number of anilines is 2. The van der Waals surface area contributed by atoms with Gasteiger partial charge in [-0.15, -0.1) is 0 Å². The number of aromatic nitrogens is 5. The maximum Gasteiger partial charge on any atom is 0.224 e. The SMILES string of the molecule is c1cnc(NC(Nc2ncccn2)c2cccnc2)nc1. The summed E-state index contributed by atoms with van der Waals surface area (Å²) in [6.45, 7) is 0. The molecule has 0 atom stereocenters. The molecular formula is C14H13N7. The summed E-state index contributed by atoms with van der Waals surface area (Å²) in [5, 5.41) is 6.38. The van der Waals surface area contributed by atoms with E-state index in [1.165, 1.54) is 0 Å². The van der Waals surface area contributed by atoms with Crippen LogP contribution in [-0.2, 0) is 0 Å². The maximum atomic E-state index is 4.16. The summed E-state index contributed by atoms with van der Waals surface area (Å²) in [6.07, 6.45) is 9.89. The van der Waals surface area contributed by atoms with Gasteiger partial charge in [-0.25, -0.2) is 19.9 Å². The van der Waals surface area contributed by atoms with Gasteiger partial charge < -0.3 is 10.6 Å². The highest BCUT2D eigenvalue weighted by atomic mass is 15.2. The Morgan fingerprint density at radius 2 is 1.29 bits per heavy atom. The van der Waals surface area contributed by atoms with Crippen molar-refractivity contribution in [3.8, 4) is 0 Å². The van der Waals surface area contributed by atoms with Gasteiger partial charge in [-0.05, 0) is 18.2 Å². The van der Waals surface area contributed by atoms with E-state index in [9.17, 15) is 0 Å². The Morgan fingerprint density at radius 3 is 1.76 bits per heavy atom. The van der Waals surface area contributed by atoms with Crippen molar-refractivity contribution in [1.82, 2.24) is 24.9 Å². The zero-order chi connectivity index (χ0) is 14.3. The van der Waals surface area contributed by atoms with Crippen LogP contribution >= 0.6 is 0 Å². The summed E-state index contributed by atoms with van der Waals surface area (Å²) >= 11 is 0. The van der Waals surface area contributed by atoms with Gasteiger partial charge in [-0.1, -0.05) is 6.07 Å². The molecule has 0 bridgehead atoms.